The SMILES string of the molecule is CCOC(=O)c1cccc(-c2cnoc2CC)c1. The Bertz CT molecular complexity index is 545. The summed E-state index contributed by atoms with van der Waals surface area (Å²) in [5.41, 5.74) is 2.37. The molecular weight excluding hydrogens is 230 g/mol. The van der Waals surface area contributed by atoms with Gasteiger partial charge in [0.1, 0.15) is 5.76 Å². The molecule has 0 amide bonds. The average molecular weight is 245 g/mol. The lowest BCUT2D eigenvalue weighted by atomic mass is 10.0. The lowest BCUT2D eigenvalue weighted by molar-refractivity contribution is 0.0526. The van der Waals surface area contributed by atoms with E-state index in [2.05, 4.69) is 5.16 Å². The topological polar surface area (TPSA) is 52.3 Å². The fraction of sp³-hybridized carbons (Fsp3) is 0.286. The van der Waals surface area contributed by atoms with E-state index in [0.717, 1.165) is 23.3 Å². The zero-order chi connectivity index (χ0) is 13.0. The molecule has 1 aromatic heterocycles. The molecule has 0 atom stereocenters. The molecule has 1 heterocycles. The van der Waals surface area contributed by atoms with E-state index < -0.39 is 0 Å². The first kappa shape index (κ1) is 12.4. The minimum Gasteiger partial charge on any atom is -0.462 e. The smallest absolute Gasteiger partial charge is 0.338 e. The van der Waals surface area contributed by atoms with E-state index in [9.17, 15) is 4.79 Å². The largest absolute Gasteiger partial charge is 0.462 e. The zero-order valence-corrected chi connectivity index (χ0v) is 10.5. The first-order valence-electron chi connectivity index (χ1n) is 5.97. The quantitative estimate of drug-likeness (QED) is 0.777. The van der Waals surface area contributed by atoms with Crippen LogP contribution in [0.3, 0.4) is 0 Å². The fourth-order valence-electron chi connectivity index (χ4n) is 1.78. The Kier molecular flexibility index (Phi) is 3.77. The van der Waals surface area contributed by atoms with Gasteiger partial charge in [-0.1, -0.05) is 24.2 Å². The van der Waals surface area contributed by atoms with Gasteiger partial charge in [0.2, 0.25) is 0 Å². The van der Waals surface area contributed by atoms with E-state index in [0.29, 0.717) is 12.2 Å². The summed E-state index contributed by atoms with van der Waals surface area (Å²) in [6.07, 6.45) is 2.43. The third kappa shape index (κ3) is 2.42. The Hall–Kier alpha value is -2.10. The molecule has 94 valence electrons. The van der Waals surface area contributed by atoms with Crippen LogP contribution in [0.2, 0.25) is 0 Å². The van der Waals surface area contributed by atoms with Crippen LogP contribution in [0.1, 0.15) is 30.0 Å². The zero-order valence-electron chi connectivity index (χ0n) is 10.5. The number of esters is 1. The molecule has 2 rings (SSSR count). The van der Waals surface area contributed by atoms with Crippen LogP contribution in [0, 0.1) is 0 Å². The van der Waals surface area contributed by atoms with Crippen molar-refractivity contribution in [2.75, 3.05) is 6.61 Å². The highest BCUT2D eigenvalue weighted by Gasteiger charge is 2.12. The van der Waals surface area contributed by atoms with Gasteiger partial charge >= 0.3 is 5.97 Å². The molecule has 0 unspecified atom stereocenters. The molecule has 4 heteroatoms. The third-order valence-corrected chi connectivity index (χ3v) is 2.65. The highest BCUT2D eigenvalue weighted by atomic mass is 16.5. The van der Waals surface area contributed by atoms with Crippen molar-refractivity contribution in [2.24, 2.45) is 0 Å². The highest BCUT2D eigenvalue weighted by Crippen LogP contribution is 2.24. The van der Waals surface area contributed by atoms with Crippen LogP contribution in [-0.4, -0.2) is 17.7 Å². The number of aryl methyl sites for hydroxylation is 1. The standard InChI is InChI=1S/C14H15NO3/c1-3-13-12(9-15-18-13)10-6-5-7-11(8-10)14(16)17-4-2/h5-9H,3-4H2,1-2H3. The number of nitrogens with zero attached hydrogens (tertiary/aromatic N) is 1. The number of carbonyl (C=O) groups excluding carboxylic acids is 1. The number of rotatable bonds is 4. The van der Waals surface area contributed by atoms with Crippen molar-refractivity contribution in [2.45, 2.75) is 20.3 Å². The van der Waals surface area contributed by atoms with Gasteiger partial charge in [-0.15, -0.1) is 0 Å². The molecular formula is C14H15NO3. The minimum absolute atomic E-state index is 0.311. The van der Waals surface area contributed by atoms with Gasteiger partial charge in [0, 0.05) is 12.0 Å². The Labute approximate surface area is 106 Å². The number of hydrogen-bond acceptors (Lipinski definition) is 4. The molecule has 0 aliphatic rings. The first-order chi connectivity index (χ1) is 8.76. The molecule has 0 fully saturated rings. The number of carbonyl (C=O) groups is 1. The van der Waals surface area contributed by atoms with Crippen LogP contribution in [0.15, 0.2) is 35.0 Å². The molecule has 0 saturated carbocycles. The average Bonchev–Trinajstić information content (AvgIpc) is 2.87. The molecule has 2 aromatic rings. The number of hydrogen-bond donors (Lipinski definition) is 0. The summed E-state index contributed by atoms with van der Waals surface area (Å²) < 4.78 is 10.1. The van der Waals surface area contributed by atoms with Crippen molar-refractivity contribution >= 4 is 5.97 Å². The number of aromatic nitrogens is 1. The maximum absolute atomic E-state index is 11.7. The van der Waals surface area contributed by atoms with Crippen LogP contribution in [-0.2, 0) is 11.2 Å². The second-order valence-electron chi connectivity index (χ2n) is 3.82. The van der Waals surface area contributed by atoms with Crippen LogP contribution >= 0.6 is 0 Å². The molecule has 0 spiro atoms. The minimum atomic E-state index is -0.311. The van der Waals surface area contributed by atoms with E-state index in [1.54, 1.807) is 25.3 Å². The van der Waals surface area contributed by atoms with Crippen molar-refractivity contribution in [3.63, 3.8) is 0 Å². The Morgan fingerprint density at radius 1 is 1.39 bits per heavy atom. The Balaban J connectivity index is 2.35. The van der Waals surface area contributed by atoms with Gasteiger partial charge < -0.3 is 9.26 Å². The normalized spacial score (nSPS) is 10.3. The second kappa shape index (κ2) is 5.49. The Morgan fingerprint density at radius 2 is 2.22 bits per heavy atom. The highest BCUT2D eigenvalue weighted by molar-refractivity contribution is 5.91. The summed E-state index contributed by atoms with van der Waals surface area (Å²) in [5, 5.41) is 3.79. The van der Waals surface area contributed by atoms with Crippen molar-refractivity contribution in [1.29, 1.82) is 0 Å². The first-order valence-corrected chi connectivity index (χ1v) is 5.97. The summed E-state index contributed by atoms with van der Waals surface area (Å²) in [7, 11) is 0. The lowest BCUT2D eigenvalue weighted by Gasteiger charge is -2.04. The van der Waals surface area contributed by atoms with E-state index in [1.165, 1.54) is 0 Å². The van der Waals surface area contributed by atoms with Crippen molar-refractivity contribution in [3.8, 4) is 11.1 Å². The summed E-state index contributed by atoms with van der Waals surface area (Å²) in [6.45, 7) is 4.16. The molecule has 0 N–H and O–H groups in total. The molecule has 0 bridgehead atoms. The summed E-state index contributed by atoms with van der Waals surface area (Å²) >= 11 is 0. The maximum Gasteiger partial charge on any atom is 0.338 e. The molecule has 0 radical (unpaired) electrons. The molecule has 4 nitrogen and oxygen atoms in total. The van der Waals surface area contributed by atoms with Crippen molar-refractivity contribution in [3.05, 3.63) is 41.8 Å². The van der Waals surface area contributed by atoms with E-state index in [1.807, 2.05) is 19.1 Å². The van der Waals surface area contributed by atoms with Gasteiger partial charge in [0.15, 0.2) is 0 Å². The van der Waals surface area contributed by atoms with Gasteiger partial charge in [0.05, 0.1) is 18.4 Å². The van der Waals surface area contributed by atoms with E-state index >= 15 is 0 Å². The molecule has 1 aromatic carbocycles. The molecule has 0 aliphatic heterocycles. The predicted octanol–water partition coefficient (Wildman–Crippen LogP) is 3.08. The van der Waals surface area contributed by atoms with Crippen molar-refractivity contribution in [1.82, 2.24) is 5.16 Å². The van der Waals surface area contributed by atoms with Gasteiger partial charge in [-0.25, -0.2) is 4.79 Å². The van der Waals surface area contributed by atoms with Crippen LogP contribution < -0.4 is 0 Å². The van der Waals surface area contributed by atoms with Gasteiger partial charge in [0.25, 0.3) is 0 Å². The Morgan fingerprint density at radius 3 is 2.94 bits per heavy atom. The van der Waals surface area contributed by atoms with Crippen LogP contribution in [0.4, 0.5) is 0 Å². The third-order valence-electron chi connectivity index (χ3n) is 2.65. The van der Waals surface area contributed by atoms with E-state index in [-0.39, 0.29) is 5.97 Å². The molecule has 0 saturated heterocycles. The summed E-state index contributed by atoms with van der Waals surface area (Å²) in [5.74, 6) is 0.505. The molecule has 0 aliphatic carbocycles. The second-order valence-corrected chi connectivity index (χ2v) is 3.82. The monoisotopic (exact) mass is 245 g/mol. The van der Waals surface area contributed by atoms with Gasteiger partial charge in [-0.05, 0) is 24.6 Å². The van der Waals surface area contributed by atoms with E-state index in [4.69, 9.17) is 9.26 Å². The lowest BCUT2D eigenvalue weighted by Crippen LogP contribution is -2.04. The van der Waals surface area contributed by atoms with Crippen LogP contribution in [0.5, 0.6) is 0 Å². The van der Waals surface area contributed by atoms with Gasteiger partial charge in [-0.2, -0.15) is 0 Å². The van der Waals surface area contributed by atoms with Crippen molar-refractivity contribution < 1.29 is 14.1 Å². The number of ether oxygens (including phenoxy) is 1. The summed E-state index contributed by atoms with van der Waals surface area (Å²) in [6, 6.07) is 7.28. The number of benzene rings is 1. The fourth-order valence-corrected chi connectivity index (χ4v) is 1.78. The predicted molar refractivity (Wildman–Crippen MR) is 67.3 cm³/mol. The molecule has 18 heavy (non-hydrogen) atoms. The maximum atomic E-state index is 11.7. The van der Waals surface area contributed by atoms with Crippen LogP contribution in [0.25, 0.3) is 11.1 Å². The van der Waals surface area contributed by atoms with Gasteiger partial charge in [-0.3, -0.25) is 0 Å². The summed E-state index contributed by atoms with van der Waals surface area (Å²) in [4.78, 5) is 11.7.